The monoisotopic (exact) mass is 518 g/mol. The molecular formula is C31H42N4O3. The zero-order valence-corrected chi connectivity index (χ0v) is 22.9. The highest BCUT2D eigenvalue weighted by Crippen LogP contribution is 2.62. The van der Waals surface area contributed by atoms with Gasteiger partial charge >= 0.3 is 5.97 Å². The molecule has 6 aliphatic rings. The van der Waals surface area contributed by atoms with Crippen molar-refractivity contribution < 1.29 is 9.90 Å². The predicted molar refractivity (Wildman–Crippen MR) is 149 cm³/mol. The third-order valence-corrected chi connectivity index (χ3v) is 11.6. The smallest absolute Gasteiger partial charge is 0.326 e. The SMILES string of the molecule is CC1(C)C2CCC(CCN3C4CCCC3CC(n3c(=O)c(N5CCC5C(=O)O)nc5ccccc53)C4)C1C2. The van der Waals surface area contributed by atoms with Gasteiger partial charge < -0.3 is 14.6 Å². The van der Waals surface area contributed by atoms with Crippen molar-refractivity contribution in [1.29, 1.82) is 0 Å². The van der Waals surface area contributed by atoms with Crippen LogP contribution in [-0.4, -0.2) is 56.7 Å². The van der Waals surface area contributed by atoms with Gasteiger partial charge in [0.25, 0.3) is 5.56 Å². The van der Waals surface area contributed by atoms with Gasteiger partial charge in [-0.1, -0.05) is 32.4 Å². The van der Waals surface area contributed by atoms with Crippen LogP contribution in [0.2, 0.25) is 0 Å². The lowest BCUT2D eigenvalue weighted by Gasteiger charge is -2.60. The maximum Gasteiger partial charge on any atom is 0.326 e. The highest BCUT2D eigenvalue weighted by molar-refractivity contribution is 5.81. The quantitative estimate of drug-likeness (QED) is 0.575. The first-order chi connectivity index (χ1) is 18.3. The third kappa shape index (κ3) is 3.75. The molecule has 6 unspecified atom stereocenters. The maximum absolute atomic E-state index is 14.0. The second-order valence-corrected chi connectivity index (χ2v) is 13.5. The first kappa shape index (κ1) is 24.6. The number of carboxylic acid groups (broad SMARTS) is 1. The number of para-hydroxylation sites is 2. The topological polar surface area (TPSA) is 78.7 Å². The average Bonchev–Trinajstić information content (AvgIpc) is 2.86. The molecule has 204 valence electrons. The van der Waals surface area contributed by atoms with Crippen molar-refractivity contribution in [2.75, 3.05) is 18.0 Å². The van der Waals surface area contributed by atoms with Gasteiger partial charge in [-0.2, -0.15) is 0 Å². The summed E-state index contributed by atoms with van der Waals surface area (Å²) in [5.41, 5.74) is 2.09. The molecule has 1 aromatic heterocycles. The number of nitrogens with zero attached hydrogens (tertiary/aromatic N) is 4. The number of piperidine rings is 2. The molecule has 4 bridgehead atoms. The number of anilines is 1. The standard InChI is InChI=1S/C31H42N4O3/c1-31(2)20-11-10-19(24(31)16-20)12-14-33-21-6-5-7-22(33)18-23(17-21)35-26-9-4-3-8-25(26)32-28(29(35)36)34-15-13-27(34)30(37)38/h3-4,8-9,19-24,27H,5-7,10-18H2,1-2H3,(H,37,38). The predicted octanol–water partition coefficient (Wildman–Crippen LogP) is 5.08. The Balaban J connectivity index is 1.15. The molecule has 2 aromatic rings. The second kappa shape index (κ2) is 9.07. The van der Waals surface area contributed by atoms with Crippen LogP contribution in [0.15, 0.2) is 29.1 Å². The molecule has 6 fully saturated rings. The highest BCUT2D eigenvalue weighted by atomic mass is 16.4. The van der Waals surface area contributed by atoms with Gasteiger partial charge in [-0.3, -0.25) is 9.69 Å². The van der Waals surface area contributed by atoms with E-state index in [1.807, 2.05) is 28.8 Å². The molecule has 3 aliphatic heterocycles. The summed E-state index contributed by atoms with van der Waals surface area (Å²) in [7, 11) is 0. The fraction of sp³-hybridized carbons (Fsp3) is 0.710. The number of carbonyl (C=O) groups is 1. The summed E-state index contributed by atoms with van der Waals surface area (Å²) in [4.78, 5) is 34.9. The fourth-order valence-corrected chi connectivity index (χ4v) is 9.24. The van der Waals surface area contributed by atoms with E-state index in [9.17, 15) is 14.7 Å². The molecule has 38 heavy (non-hydrogen) atoms. The van der Waals surface area contributed by atoms with Crippen LogP contribution in [0.4, 0.5) is 5.82 Å². The van der Waals surface area contributed by atoms with Crippen LogP contribution in [-0.2, 0) is 4.79 Å². The molecule has 3 saturated heterocycles. The van der Waals surface area contributed by atoms with E-state index in [2.05, 4.69) is 18.7 Å². The second-order valence-electron chi connectivity index (χ2n) is 13.5. The van der Waals surface area contributed by atoms with Gasteiger partial charge in [-0.25, -0.2) is 9.78 Å². The first-order valence-corrected chi connectivity index (χ1v) is 15.1. The van der Waals surface area contributed by atoms with E-state index < -0.39 is 12.0 Å². The lowest BCUT2D eigenvalue weighted by molar-refractivity contribution is -0.140. The molecule has 0 spiro atoms. The third-order valence-electron chi connectivity index (χ3n) is 11.6. The average molecular weight is 519 g/mol. The number of hydrogen-bond donors (Lipinski definition) is 1. The van der Waals surface area contributed by atoms with E-state index in [-0.39, 0.29) is 11.6 Å². The van der Waals surface area contributed by atoms with Crippen molar-refractivity contribution in [3.05, 3.63) is 34.6 Å². The molecule has 6 atom stereocenters. The Morgan fingerprint density at radius 1 is 1.03 bits per heavy atom. The van der Waals surface area contributed by atoms with Crippen LogP contribution in [0.3, 0.4) is 0 Å². The Morgan fingerprint density at radius 2 is 1.79 bits per heavy atom. The van der Waals surface area contributed by atoms with Crippen LogP contribution in [0, 0.1) is 23.2 Å². The van der Waals surface area contributed by atoms with Crippen molar-refractivity contribution in [2.45, 2.75) is 102 Å². The van der Waals surface area contributed by atoms with Crippen molar-refractivity contribution in [3.63, 3.8) is 0 Å². The van der Waals surface area contributed by atoms with Gasteiger partial charge in [-0.15, -0.1) is 0 Å². The van der Waals surface area contributed by atoms with E-state index in [4.69, 9.17) is 4.98 Å². The minimum absolute atomic E-state index is 0.116. The van der Waals surface area contributed by atoms with Gasteiger partial charge in [0.2, 0.25) is 0 Å². The van der Waals surface area contributed by atoms with Crippen LogP contribution in [0.1, 0.15) is 84.1 Å². The maximum atomic E-state index is 14.0. The number of hydrogen-bond acceptors (Lipinski definition) is 5. The molecule has 7 nitrogen and oxygen atoms in total. The molecule has 1 N–H and O–H groups in total. The molecule has 1 aromatic carbocycles. The lowest BCUT2D eigenvalue weighted by atomic mass is 9.45. The summed E-state index contributed by atoms with van der Waals surface area (Å²) >= 11 is 0. The Hall–Kier alpha value is -2.41. The summed E-state index contributed by atoms with van der Waals surface area (Å²) in [6.07, 6.45) is 11.9. The van der Waals surface area contributed by atoms with Crippen LogP contribution in [0.25, 0.3) is 11.0 Å². The first-order valence-electron chi connectivity index (χ1n) is 15.1. The number of fused-ring (bicyclic) bond motifs is 5. The molecule has 0 amide bonds. The molecule has 0 radical (unpaired) electrons. The molecule has 4 heterocycles. The van der Waals surface area contributed by atoms with Crippen LogP contribution >= 0.6 is 0 Å². The molecule has 3 saturated carbocycles. The minimum atomic E-state index is -0.876. The van der Waals surface area contributed by atoms with E-state index in [1.54, 1.807) is 4.90 Å². The summed E-state index contributed by atoms with van der Waals surface area (Å²) in [6, 6.07) is 8.43. The Labute approximate surface area is 225 Å². The molecular weight excluding hydrogens is 476 g/mol. The highest BCUT2D eigenvalue weighted by Gasteiger charge is 2.54. The van der Waals surface area contributed by atoms with Gasteiger partial charge in [0.05, 0.1) is 11.0 Å². The zero-order valence-electron chi connectivity index (χ0n) is 22.9. The van der Waals surface area contributed by atoms with Gasteiger partial charge in [0.1, 0.15) is 6.04 Å². The summed E-state index contributed by atoms with van der Waals surface area (Å²) in [5.74, 6) is 2.18. The van der Waals surface area contributed by atoms with Crippen LogP contribution < -0.4 is 10.5 Å². The Bertz CT molecular complexity index is 1290. The van der Waals surface area contributed by atoms with E-state index in [0.717, 1.165) is 41.6 Å². The number of aliphatic carboxylic acids is 1. The number of rotatable bonds is 6. The molecule has 3 aliphatic carbocycles. The number of benzene rings is 1. The zero-order chi connectivity index (χ0) is 26.2. The molecule has 7 heteroatoms. The van der Waals surface area contributed by atoms with Crippen molar-refractivity contribution in [3.8, 4) is 0 Å². The Morgan fingerprint density at radius 3 is 2.45 bits per heavy atom. The lowest BCUT2D eigenvalue weighted by Crippen LogP contribution is -2.56. The summed E-state index contributed by atoms with van der Waals surface area (Å²) in [6.45, 7) is 6.78. The van der Waals surface area contributed by atoms with E-state index >= 15 is 0 Å². The summed E-state index contributed by atoms with van der Waals surface area (Å²) in [5, 5.41) is 9.63. The minimum Gasteiger partial charge on any atom is -0.480 e. The van der Waals surface area contributed by atoms with E-state index in [1.165, 1.54) is 51.5 Å². The number of aromatic nitrogens is 2. The van der Waals surface area contributed by atoms with Crippen molar-refractivity contribution >= 4 is 22.8 Å². The fourth-order valence-electron chi connectivity index (χ4n) is 9.24. The Kier molecular flexibility index (Phi) is 5.88. The van der Waals surface area contributed by atoms with Crippen molar-refractivity contribution in [1.82, 2.24) is 14.5 Å². The van der Waals surface area contributed by atoms with E-state index in [0.29, 0.717) is 36.3 Å². The molecule has 8 rings (SSSR count). The van der Waals surface area contributed by atoms with Gasteiger partial charge in [0, 0.05) is 24.7 Å². The van der Waals surface area contributed by atoms with Crippen LogP contribution in [0.5, 0.6) is 0 Å². The normalized spacial score (nSPS) is 35.9. The number of carboxylic acids is 1. The van der Waals surface area contributed by atoms with Gasteiger partial charge in [-0.05, 0) is 99.6 Å². The summed E-state index contributed by atoms with van der Waals surface area (Å²) < 4.78 is 2.00. The largest absolute Gasteiger partial charge is 0.480 e. The van der Waals surface area contributed by atoms with Crippen molar-refractivity contribution in [2.24, 2.45) is 23.2 Å². The van der Waals surface area contributed by atoms with Gasteiger partial charge in [0.15, 0.2) is 5.82 Å².